The molecule has 0 spiro atoms. The van der Waals surface area contributed by atoms with Gasteiger partial charge in [0.2, 0.25) is 0 Å². The van der Waals surface area contributed by atoms with Gasteiger partial charge in [0.1, 0.15) is 0 Å². The van der Waals surface area contributed by atoms with Crippen LogP contribution in [0.5, 0.6) is 0 Å². The Labute approximate surface area is 154 Å². The molecule has 23 heavy (non-hydrogen) atoms. The monoisotopic (exact) mass is 508 g/mol. The zero-order chi connectivity index (χ0) is 15.1. The molecule has 126 valence electrons. The van der Waals surface area contributed by atoms with Gasteiger partial charge in [-0.25, -0.2) is 0 Å². The molecule has 0 saturated heterocycles. The maximum absolute atomic E-state index is 4.29. The van der Waals surface area contributed by atoms with E-state index in [1.807, 2.05) is 0 Å². The second kappa shape index (κ2) is 5.19. The van der Waals surface area contributed by atoms with Crippen LogP contribution in [-0.2, 0) is 0 Å². The maximum atomic E-state index is 4.29. The van der Waals surface area contributed by atoms with Gasteiger partial charge < -0.3 is 0 Å². The van der Waals surface area contributed by atoms with Crippen LogP contribution < -0.4 is 6.25 Å². The molecule has 0 aromatic rings. The van der Waals surface area contributed by atoms with Crippen molar-refractivity contribution >= 4 is 24.8 Å². The molecule has 8 fully saturated rings. The van der Waals surface area contributed by atoms with Crippen LogP contribution in [0.4, 0.5) is 0 Å². The molecule has 8 saturated carbocycles. The van der Waals surface area contributed by atoms with E-state index in [0.717, 1.165) is 35.5 Å². The summed E-state index contributed by atoms with van der Waals surface area (Å²) in [5.74, 6) is 6.57. The van der Waals surface area contributed by atoms with E-state index < -0.39 is 24.8 Å². The van der Waals surface area contributed by atoms with E-state index in [4.69, 9.17) is 0 Å². The summed E-state index contributed by atoms with van der Waals surface area (Å²) < 4.78 is 8.57. The number of hydrogen-bond donors (Lipinski definition) is 2. The van der Waals surface area contributed by atoms with Crippen molar-refractivity contribution in [1.29, 1.82) is 0 Å². The van der Waals surface area contributed by atoms with Crippen molar-refractivity contribution in [3.63, 3.8) is 0 Å². The van der Waals surface area contributed by atoms with Crippen molar-refractivity contribution in [3.8, 4) is 0 Å². The zero-order valence-electron chi connectivity index (χ0n) is 14.4. The Hall–Kier alpha value is 0.842. The molecule has 0 unspecified atom stereocenters. The van der Waals surface area contributed by atoms with Crippen molar-refractivity contribution in [1.82, 2.24) is 6.25 Å². The van der Waals surface area contributed by atoms with Crippen LogP contribution in [-0.4, -0.2) is 35.9 Å². The van der Waals surface area contributed by atoms with Gasteiger partial charge in [-0.2, -0.15) is 0 Å². The summed E-state index contributed by atoms with van der Waals surface area (Å²) in [6.45, 7) is 0. The Kier molecular flexibility index (Phi) is 3.37. The summed E-state index contributed by atoms with van der Waals surface area (Å²) in [6, 6.07) is 0. The molecule has 0 atom stereocenters. The third-order valence-corrected chi connectivity index (χ3v) is 13.8. The van der Waals surface area contributed by atoms with Gasteiger partial charge in [-0.05, 0) is 0 Å². The molecule has 2 N–H and O–H groups in total. The SMILES string of the molecule is C1C2CC3CC1CC([NH][Pb][NH]C14CC5CC(CC(C5)C1)C4)(C2)C3. The Morgan fingerprint density at radius 1 is 0.478 bits per heavy atom. The molecule has 0 aromatic heterocycles. The van der Waals surface area contributed by atoms with Crippen molar-refractivity contribution < 1.29 is 0 Å². The van der Waals surface area contributed by atoms with Gasteiger partial charge in [0.05, 0.1) is 0 Å². The van der Waals surface area contributed by atoms with Gasteiger partial charge in [-0.15, -0.1) is 0 Å². The third kappa shape index (κ3) is 2.51. The number of nitrogens with one attached hydrogen (secondary N) is 2. The molecule has 0 amide bonds. The van der Waals surface area contributed by atoms with Crippen LogP contribution in [0, 0.1) is 35.5 Å². The van der Waals surface area contributed by atoms with Gasteiger partial charge in [0.15, 0.2) is 0 Å². The van der Waals surface area contributed by atoms with Gasteiger partial charge in [0.25, 0.3) is 0 Å². The van der Waals surface area contributed by atoms with Crippen LogP contribution in [0.1, 0.15) is 77.0 Å². The summed E-state index contributed by atoms with van der Waals surface area (Å²) in [7, 11) is 0. The minimum absolute atomic E-state index is 0.618. The van der Waals surface area contributed by atoms with E-state index in [1.54, 1.807) is 38.5 Å². The van der Waals surface area contributed by atoms with Gasteiger partial charge in [-0.1, -0.05) is 0 Å². The number of hydrogen-bond acceptors (Lipinski definition) is 2. The van der Waals surface area contributed by atoms with Crippen LogP contribution >= 0.6 is 0 Å². The fraction of sp³-hybridized carbons (Fsp3) is 1.00. The third-order valence-electron chi connectivity index (χ3n) is 8.73. The Balaban J connectivity index is 1.12. The van der Waals surface area contributed by atoms with Crippen molar-refractivity contribution in [3.05, 3.63) is 0 Å². The second-order valence-corrected chi connectivity index (χ2v) is 13.7. The van der Waals surface area contributed by atoms with Crippen molar-refractivity contribution in [2.75, 3.05) is 0 Å². The number of rotatable bonds is 4. The van der Waals surface area contributed by atoms with E-state index in [9.17, 15) is 0 Å². The molecule has 3 heteroatoms. The minimum atomic E-state index is -0.852. The van der Waals surface area contributed by atoms with E-state index in [1.165, 1.54) is 38.5 Å². The average Bonchev–Trinajstić information content (AvgIpc) is 2.43. The zero-order valence-corrected chi connectivity index (χ0v) is 18.3. The Morgan fingerprint density at radius 3 is 1.00 bits per heavy atom. The quantitative estimate of drug-likeness (QED) is 0.568. The van der Waals surface area contributed by atoms with E-state index in [0.29, 0.717) is 11.1 Å². The summed E-state index contributed by atoms with van der Waals surface area (Å²) in [4.78, 5) is 0. The van der Waals surface area contributed by atoms with Crippen molar-refractivity contribution in [2.24, 2.45) is 35.5 Å². The Morgan fingerprint density at radius 2 is 0.739 bits per heavy atom. The van der Waals surface area contributed by atoms with Crippen LogP contribution in [0.25, 0.3) is 0 Å². The molecule has 8 aliphatic carbocycles. The standard InChI is InChI=1S/2C10H16N.Pb/c2*11-10-4-7-1-8(5-10)3-9(2-7)6-10;/h2*7-9,11H,1-6H2;/q2*-1;+2. The summed E-state index contributed by atoms with van der Waals surface area (Å²) in [5, 5.41) is 0. The Bertz CT molecular complexity index is 387. The molecular weight excluding hydrogens is 475 g/mol. The first kappa shape index (κ1) is 15.0. The summed E-state index contributed by atoms with van der Waals surface area (Å²) in [5.41, 5.74) is 1.24. The fourth-order valence-corrected chi connectivity index (χ4v) is 13.5. The van der Waals surface area contributed by atoms with Gasteiger partial charge in [0, 0.05) is 0 Å². The van der Waals surface area contributed by atoms with Crippen LogP contribution in [0.15, 0.2) is 0 Å². The molecule has 8 aliphatic rings. The summed E-state index contributed by atoms with van der Waals surface area (Å²) in [6.07, 6.45) is 18.7. The van der Waals surface area contributed by atoms with E-state index >= 15 is 0 Å². The predicted molar refractivity (Wildman–Crippen MR) is 93.8 cm³/mol. The molecule has 8 rings (SSSR count). The average molecular weight is 508 g/mol. The molecule has 0 aliphatic heterocycles. The first-order valence-corrected chi connectivity index (χ1v) is 14.4. The fourth-order valence-electron chi connectivity index (χ4n) is 8.82. The van der Waals surface area contributed by atoms with E-state index in [2.05, 4.69) is 6.25 Å². The normalized spacial score (nSPS) is 59.0. The molecule has 2 nitrogen and oxygen atoms in total. The van der Waals surface area contributed by atoms with Crippen LogP contribution in [0.3, 0.4) is 0 Å². The second-order valence-electron chi connectivity index (χ2n) is 10.8. The molecule has 0 heterocycles. The van der Waals surface area contributed by atoms with E-state index in [-0.39, 0.29) is 0 Å². The summed E-state index contributed by atoms with van der Waals surface area (Å²) >= 11 is -0.852. The van der Waals surface area contributed by atoms with Crippen LogP contribution in [0.2, 0.25) is 0 Å². The predicted octanol–water partition coefficient (Wildman–Crippen LogP) is 3.64. The van der Waals surface area contributed by atoms with Crippen molar-refractivity contribution in [2.45, 2.75) is 88.1 Å². The first-order chi connectivity index (χ1) is 11.2. The molecule has 0 aromatic carbocycles. The van der Waals surface area contributed by atoms with Gasteiger partial charge >= 0.3 is 155 Å². The molecule has 2 radical (unpaired) electrons. The first-order valence-electron chi connectivity index (χ1n) is 10.5. The topological polar surface area (TPSA) is 24.1 Å². The molecule has 8 bridgehead atoms. The molecular formula is C20H32N2Pb. The van der Waals surface area contributed by atoms with Gasteiger partial charge in [-0.3, -0.25) is 0 Å².